The fraction of sp³-hybridized carbons (Fsp3) is 0.250. The second-order valence-electron chi connectivity index (χ2n) is 5.30. The van der Waals surface area contributed by atoms with Crippen LogP contribution < -0.4 is 0 Å². The Balaban J connectivity index is 1.56. The molecule has 1 aromatic carbocycles. The quantitative estimate of drug-likeness (QED) is 0.745. The third kappa shape index (κ3) is 2.50. The van der Waals surface area contributed by atoms with Gasteiger partial charge in [0.2, 0.25) is 0 Å². The average Bonchev–Trinajstić information content (AvgIpc) is 3.17. The van der Waals surface area contributed by atoms with Gasteiger partial charge in [-0.1, -0.05) is 30.3 Å². The highest BCUT2D eigenvalue weighted by Gasteiger charge is 2.21. The Morgan fingerprint density at radius 1 is 1.05 bits per heavy atom. The Kier molecular flexibility index (Phi) is 3.29. The minimum Gasteiger partial charge on any atom is -0.309 e. The van der Waals surface area contributed by atoms with Crippen molar-refractivity contribution in [1.82, 2.24) is 19.7 Å². The van der Waals surface area contributed by atoms with Gasteiger partial charge in [0.25, 0.3) is 0 Å². The molecule has 0 saturated heterocycles. The Bertz CT molecular complexity index is 718. The molecule has 0 spiro atoms. The molecule has 0 unspecified atom stereocenters. The summed E-state index contributed by atoms with van der Waals surface area (Å²) in [6, 6.07) is 12.5. The molecule has 0 atom stereocenters. The fourth-order valence-corrected chi connectivity index (χ4v) is 3.44. The maximum absolute atomic E-state index is 4.39. The van der Waals surface area contributed by atoms with Crippen LogP contribution in [0.3, 0.4) is 0 Å². The van der Waals surface area contributed by atoms with Crippen molar-refractivity contribution in [3.63, 3.8) is 0 Å². The highest BCUT2D eigenvalue weighted by Crippen LogP contribution is 2.22. The van der Waals surface area contributed by atoms with E-state index in [0.717, 1.165) is 43.4 Å². The van der Waals surface area contributed by atoms with Crippen LogP contribution in [-0.4, -0.2) is 26.2 Å². The van der Waals surface area contributed by atoms with Crippen molar-refractivity contribution in [2.75, 3.05) is 6.54 Å². The Hall–Kier alpha value is -1.98. The molecule has 4 rings (SSSR count). The Morgan fingerprint density at radius 2 is 1.95 bits per heavy atom. The van der Waals surface area contributed by atoms with E-state index in [1.54, 1.807) is 11.3 Å². The summed E-state index contributed by atoms with van der Waals surface area (Å²) in [6.07, 6.45) is 0. The molecular weight excluding hydrogens is 280 g/mol. The van der Waals surface area contributed by atoms with Crippen LogP contribution in [0.15, 0.2) is 47.2 Å². The van der Waals surface area contributed by atoms with Crippen LogP contribution in [0.4, 0.5) is 0 Å². The number of rotatable bonds is 3. The minimum absolute atomic E-state index is 0.871. The molecule has 0 amide bonds. The second kappa shape index (κ2) is 5.42. The van der Waals surface area contributed by atoms with Crippen LogP contribution in [0.5, 0.6) is 0 Å². The van der Waals surface area contributed by atoms with E-state index in [1.165, 1.54) is 5.56 Å². The molecule has 1 aliphatic heterocycles. The lowest BCUT2D eigenvalue weighted by atomic mass is 10.2. The highest BCUT2D eigenvalue weighted by atomic mass is 32.1. The van der Waals surface area contributed by atoms with Crippen LogP contribution in [0.2, 0.25) is 0 Å². The summed E-state index contributed by atoms with van der Waals surface area (Å²) in [6.45, 7) is 3.87. The molecular formula is C16H16N4S. The smallest absolute Gasteiger partial charge is 0.164 e. The number of aromatic nitrogens is 3. The summed E-state index contributed by atoms with van der Waals surface area (Å²) >= 11 is 1.76. The first-order chi connectivity index (χ1) is 10.4. The van der Waals surface area contributed by atoms with Gasteiger partial charge in [0, 0.05) is 25.2 Å². The largest absolute Gasteiger partial charge is 0.309 e. The number of hydrogen-bond acceptors (Lipinski definition) is 4. The van der Waals surface area contributed by atoms with E-state index in [1.807, 2.05) is 18.2 Å². The van der Waals surface area contributed by atoms with Crippen molar-refractivity contribution in [1.29, 1.82) is 0 Å². The number of hydrogen-bond donors (Lipinski definition) is 0. The van der Waals surface area contributed by atoms with E-state index in [2.05, 4.69) is 48.6 Å². The third-order valence-electron chi connectivity index (χ3n) is 3.85. The number of thiophene rings is 1. The molecule has 5 heteroatoms. The minimum atomic E-state index is 0.871. The predicted molar refractivity (Wildman–Crippen MR) is 83.9 cm³/mol. The van der Waals surface area contributed by atoms with Crippen LogP contribution in [0, 0.1) is 0 Å². The van der Waals surface area contributed by atoms with E-state index in [0.29, 0.717) is 0 Å². The van der Waals surface area contributed by atoms with Crippen LogP contribution >= 0.6 is 11.3 Å². The van der Waals surface area contributed by atoms with Gasteiger partial charge in [-0.25, -0.2) is 0 Å². The van der Waals surface area contributed by atoms with Gasteiger partial charge in [0.15, 0.2) is 5.82 Å². The molecule has 4 nitrogen and oxygen atoms in total. The van der Waals surface area contributed by atoms with Gasteiger partial charge in [0.1, 0.15) is 5.82 Å². The van der Waals surface area contributed by atoms with Crippen LogP contribution in [0.25, 0.3) is 11.4 Å². The fourth-order valence-electron chi connectivity index (χ4n) is 2.78. The molecule has 3 heterocycles. The lowest BCUT2D eigenvalue weighted by molar-refractivity contribution is 0.210. The Labute approximate surface area is 127 Å². The van der Waals surface area contributed by atoms with Crippen molar-refractivity contribution in [3.05, 3.63) is 58.5 Å². The zero-order chi connectivity index (χ0) is 14.1. The van der Waals surface area contributed by atoms with Crippen molar-refractivity contribution in [3.8, 4) is 11.4 Å². The SMILES string of the molecule is c1ccc(-c2nnc3n2CCN(Cc2ccsc2)C3)cc1. The van der Waals surface area contributed by atoms with Crippen LogP contribution in [0.1, 0.15) is 11.4 Å². The maximum Gasteiger partial charge on any atom is 0.164 e. The standard InChI is InChI=1S/C16H16N4S/c1-2-4-14(5-3-1)16-18-17-15-11-19(7-8-20(15)16)10-13-6-9-21-12-13/h1-6,9,12H,7-8,10-11H2. The summed E-state index contributed by atoms with van der Waals surface area (Å²) in [5.74, 6) is 2.05. The molecule has 1 aliphatic rings. The van der Waals surface area contributed by atoms with Gasteiger partial charge < -0.3 is 4.57 Å². The van der Waals surface area contributed by atoms with Gasteiger partial charge in [0.05, 0.1) is 6.54 Å². The van der Waals surface area contributed by atoms with Gasteiger partial charge in [-0.2, -0.15) is 11.3 Å². The van der Waals surface area contributed by atoms with Gasteiger partial charge in [-0.15, -0.1) is 10.2 Å². The van der Waals surface area contributed by atoms with Crippen LogP contribution in [-0.2, 0) is 19.6 Å². The number of fused-ring (bicyclic) bond motifs is 1. The first-order valence-corrected chi connectivity index (χ1v) is 8.05. The molecule has 21 heavy (non-hydrogen) atoms. The lowest BCUT2D eigenvalue weighted by Gasteiger charge is -2.27. The van der Waals surface area contributed by atoms with E-state index in [9.17, 15) is 0 Å². The summed E-state index contributed by atoms with van der Waals surface area (Å²) < 4.78 is 2.25. The van der Waals surface area contributed by atoms with Gasteiger partial charge >= 0.3 is 0 Å². The monoisotopic (exact) mass is 296 g/mol. The zero-order valence-corrected chi connectivity index (χ0v) is 12.5. The van der Waals surface area contributed by atoms with E-state index in [4.69, 9.17) is 0 Å². The normalized spacial score (nSPS) is 15.0. The number of benzene rings is 1. The second-order valence-corrected chi connectivity index (χ2v) is 6.08. The molecule has 0 N–H and O–H groups in total. The molecule has 0 saturated carbocycles. The first-order valence-electron chi connectivity index (χ1n) is 7.11. The molecule has 0 bridgehead atoms. The molecule has 3 aromatic rings. The highest BCUT2D eigenvalue weighted by molar-refractivity contribution is 7.07. The van der Waals surface area contributed by atoms with Crippen molar-refractivity contribution in [2.45, 2.75) is 19.6 Å². The van der Waals surface area contributed by atoms with Crippen molar-refractivity contribution < 1.29 is 0 Å². The van der Waals surface area contributed by atoms with Crippen molar-refractivity contribution in [2.24, 2.45) is 0 Å². The zero-order valence-electron chi connectivity index (χ0n) is 11.6. The molecule has 0 aliphatic carbocycles. The molecule has 106 valence electrons. The molecule has 0 fully saturated rings. The lowest BCUT2D eigenvalue weighted by Crippen LogP contribution is -2.33. The summed E-state index contributed by atoms with van der Waals surface area (Å²) in [5.41, 5.74) is 2.53. The van der Waals surface area contributed by atoms with E-state index in [-0.39, 0.29) is 0 Å². The third-order valence-corrected chi connectivity index (χ3v) is 4.58. The van der Waals surface area contributed by atoms with Crippen molar-refractivity contribution >= 4 is 11.3 Å². The number of nitrogens with zero attached hydrogens (tertiary/aromatic N) is 4. The van der Waals surface area contributed by atoms with E-state index >= 15 is 0 Å². The summed E-state index contributed by atoms with van der Waals surface area (Å²) in [5, 5.41) is 13.1. The summed E-state index contributed by atoms with van der Waals surface area (Å²) in [7, 11) is 0. The van der Waals surface area contributed by atoms with E-state index < -0.39 is 0 Å². The topological polar surface area (TPSA) is 34.0 Å². The maximum atomic E-state index is 4.39. The predicted octanol–water partition coefficient (Wildman–Crippen LogP) is 3.02. The van der Waals surface area contributed by atoms with Gasteiger partial charge in [-0.05, 0) is 22.4 Å². The summed E-state index contributed by atoms with van der Waals surface area (Å²) in [4.78, 5) is 2.43. The molecule has 2 aromatic heterocycles. The Morgan fingerprint density at radius 3 is 2.76 bits per heavy atom. The average molecular weight is 296 g/mol. The van der Waals surface area contributed by atoms with Gasteiger partial charge in [-0.3, -0.25) is 4.90 Å². The first kappa shape index (κ1) is 12.7. The molecule has 0 radical (unpaired) electrons.